The summed E-state index contributed by atoms with van der Waals surface area (Å²) < 4.78 is 0. The lowest BCUT2D eigenvalue weighted by atomic mass is 10.0. The minimum Gasteiger partial charge on any atom is -0.478 e. The second-order valence-corrected chi connectivity index (χ2v) is 3.65. The Hall–Kier alpha value is -2.23. The third-order valence-corrected chi connectivity index (χ3v) is 2.34. The highest BCUT2D eigenvalue weighted by Gasteiger charge is 2.15. The Morgan fingerprint density at radius 3 is 2.76 bits per heavy atom. The maximum absolute atomic E-state index is 10.8. The van der Waals surface area contributed by atoms with E-state index >= 15 is 0 Å². The summed E-state index contributed by atoms with van der Waals surface area (Å²) >= 11 is 0. The molecule has 4 heteroatoms. The normalized spacial score (nSPS) is 15.6. The molecule has 0 atom stereocenters. The molecule has 0 saturated heterocycles. The molecule has 1 aliphatic rings. The van der Waals surface area contributed by atoms with Crippen molar-refractivity contribution in [2.75, 3.05) is 0 Å². The van der Waals surface area contributed by atoms with Crippen LogP contribution in [-0.2, 0) is 4.79 Å². The summed E-state index contributed by atoms with van der Waals surface area (Å²) in [4.78, 5) is 10.8. The van der Waals surface area contributed by atoms with E-state index in [1.165, 1.54) is 6.08 Å². The lowest BCUT2D eigenvalue weighted by molar-refractivity contribution is -0.132. The van der Waals surface area contributed by atoms with Crippen molar-refractivity contribution in [2.45, 2.75) is 12.8 Å². The predicted molar refractivity (Wildman–Crippen MR) is 67.8 cm³/mol. The van der Waals surface area contributed by atoms with Gasteiger partial charge in [-0.05, 0) is 25.0 Å². The molecule has 0 aromatic rings. The maximum atomic E-state index is 10.8. The highest BCUT2D eigenvalue weighted by Crippen LogP contribution is 2.20. The first-order valence-electron chi connectivity index (χ1n) is 5.22. The lowest BCUT2D eigenvalue weighted by Gasteiger charge is -2.17. The van der Waals surface area contributed by atoms with E-state index in [1.807, 2.05) is 0 Å². The average Bonchev–Trinajstić information content (AvgIpc) is 2.28. The van der Waals surface area contributed by atoms with Gasteiger partial charge in [0.15, 0.2) is 0 Å². The maximum Gasteiger partial charge on any atom is 0.331 e. The number of nitrogens with two attached hydrogens (primary N) is 1. The van der Waals surface area contributed by atoms with Gasteiger partial charge in [-0.15, -0.1) is 0 Å². The van der Waals surface area contributed by atoms with Crippen LogP contribution in [0.2, 0.25) is 0 Å². The number of allylic oxidation sites excluding steroid dienone is 5. The molecule has 0 heterocycles. The van der Waals surface area contributed by atoms with Gasteiger partial charge in [0.25, 0.3) is 0 Å². The van der Waals surface area contributed by atoms with Gasteiger partial charge in [0.1, 0.15) is 0 Å². The lowest BCUT2D eigenvalue weighted by Crippen LogP contribution is -2.20. The van der Waals surface area contributed by atoms with Gasteiger partial charge in [-0.2, -0.15) is 0 Å². The monoisotopic (exact) mass is 232 g/mol. The summed E-state index contributed by atoms with van der Waals surface area (Å²) in [6, 6.07) is 0. The van der Waals surface area contributed by atoms with E-state index < -0.39 is 5.97 Å². The van der Waals surface area contributed by atoms with Crippen molar-refractivity contribution < 1.29 is 9.90 Å². The molecule has 0 radical (unpaired) electrons. The first kappa shape index (κ1) is 12.8. The molecule has 0 unspecified atom stereocenters. The Kier molecular flexibility index (Phi) is 4.34. The van der Waals surface area contributed by atoms with Crippen molar-refractivity contribution in [3.63, 3.8) is 0 Å². The predicted octanol–water partition coefficient (Wildman–Crippen LogP) is 1.81. The zero-order chi connectivity index (χ0) is 12.8. The smallest absolute Gasteiger partial charge is 0.331 e. The molecule has 0 aromatic carbocycles. The SMILES string of the molecule is C=C/C=C\C(=C)NC1=C(N)C=C(C(=O)O)CC1. The largest absolute Gasteiger partial charge is 0.478 e. The fourth-order valence-electron chi connectivity index (χ4n) is 1.47. The van der Waals surface area contributed by atoms with E-state index in [9.17, 15) is 4.79 Å². The number of rotatable bonds is 5. The number of hydrogen-bond acceptors (Lipinski definition) is 3. The number of hydrogen-bond donors (Lipinski definition) is 3. The Labute approximate surface area is 101 Å². The van der Waals surface area contributed by atoms with Crippen LogP contribution in [0.15, 0.2) is 60.1 Å². The van der Waals surface area contributed by atoms with Crippen molar-refractivity contribution >= 4 is 5.97 Å². The molecule has 0 saturated carbocycles. The van der Waals surface area contributed by atoms with Gasteiger partial charge in [-0.3, -0.25) is 0 Å². The molecule has 17 heavy (non-hydrogen) atoms. The van der Waals surface area contributed by atoms with Gasteiger partial charge in [-0.1, -0.05) is 25.3 Å². The number of aliphatic carboxylic acids is 1. The molecule has 0 bridgehead atoms. The minimum atomic E-state index is -0.919. The molecule has 4 nitrogen and oxygen atoms in total. The van der Waals surface area contributed by atoms with E-state index in [0.29, 0.717) is 29.8 Å². The van der Waals surface area contributed by atoms with E-state index in [1.54, 1.807) is 18.2 Å². The van der Waals surface area contributed by atoms with Crippen LogP contribution in [0.5, 0.6) is 0 Å². The molecule has 0 aromatic heterocycles. The zero-order valence-corrected chi connectivity index (χ0v) is 9.57. The van der Waals surface area contributed by atoms with Gasteiger partial charge < -0.3 is 16.2 Å². The first-order chi connectivity index (χ1) is 8.04. The third kappa shape index (κ3) is 3.68. The molecular formula is C13H16N2O2. The molecule has 1 aliphatic carbocycles. The van der Waals surface area contributed by atoms with Crippen molar-refractivity contribution in [1.82, 2.24) is 5.32 Å². The van der Waals surface area contributed by atoms with E-state index in [0.717, 1.165) is 5.70 Å². The van der Waals surface area contributed by atoms with Gasteiger partial charge in [-0.25, -0.2) is 4.79 Å². The summed E-state index contributed by atoms with van der Waals surface area (Å²) in [5, 5.41) is 11.9. The molecule has 4 N–H and O–H groups in total. The van der Waals surface area contributed by atoms with Gasteiger partial charge in [0.2, 0.25) is 0 Å². The highest BCUT2D eigenvalue weighted by atomic mass is 16.4. The zero-order valence-electron chi connectivity index (χ0n) is 9.57. The fourth-order valence-corrected chi connectivity index (χ4v) is 1.47. The summed E-state index contributed by atoms with van der Waals surface area (Å²) in [5.74, 6) is -0.919. The van der Waals surface area contributed by atoms with Crippen LogP contribution < -0.4 is 11.1 Å². The Balaban J connectivity index is 2.76. The molecule has 0 amide bonds. The number of carboxylic acids is 1. The van der Waals surface area contributed by atoms with E-state index in [-0.39, 0.29) is 0 Å². The van der Waals surface area contributed by atoms with Crippen molar-refractivity contribution in [1.29, 1.82) is 0 Å². The second kappa shape index (κ2) is 5.75. The van der Waals surface area contributed by atoms with Crippen LogP contribution in [0.25, 0.3) is 0 Å². The number of carbonyl (C=O) groups is 1. The van der Waals surface area contributed by atoms with Crippen LogP contribution in [-0.4, -0.2) is 11.1 Å². The highest BCUT2D eigenvalue weighted by molar-refractivity contribution is 5.87. The average molecular weight is 232 g/mol. The molecule has 0 aliphatic heterocycles. The molecule has 1 rings (SSSR count). The van der Waals surface area contributed by atoms with Crippen LogP contribution >= 0.6 is 0 Å². The van der Waals surface area contributed by atoms with Crippen LogP contribution in [0.3, 0.4) is 0 Å². The molecular weight excluding hydrogens is 216 g/mol. The summed E-state index contributed by atoms with van der Waals surface area (Å²) in [7, 11) is 0. The van der Waals surface area contributed by atoms with Gasteiger partial charge in [0, 0.05) is 17.0 Å². The Bertz CT molecular complexity index is 442. The molecule has 90 valence electrons. The second-order valence-electron chi connectivity index (χ2n) is 3.65. The minimum absolute atomic E-state index is 0.334. The van der Waals surface area contributed by atoms with Gasteiger partial charge >= 0.3 is 5.97 Å². The standard InChI is InChI=1S/C13H16N2O2/c1-3-4-5-9(2)15-12-7-6-10(13(16)17)8-11(12)14/h3-5,8,15H,1-2,6-7,14H2,(H,16,17)/b5-4-. The Morgan fingerprint density at radius 2 is 2.24 bits per heavy atom. The van der Waals surface area contributed by atoms with Crippen LogP contribution in [0, 0.1) is 0 Å². The first-order valence-corrected chi connectivity index (χ1v) is 5.22. The number of carboxylic acid groups (broad SMARTS) is 1. The number of nitrogens with one attached hydrogen (secondary N) is 1. The molecule has 0 spiro atoms. The van der Waals surface area contributed by atoms with Crippen molar-refractivity contribution in [3.05, 3.63) is 60.1 Å². The van der Waals surface area contributed by atoms with E-state index in [4.69, 9.17) is 10.8 Å². The van der Waals surface area contributed by atoms with Gasteiger partial charge in [0.05, 0.1) is 5.70 Å². The molecule has 0 fully saturated rings. The van der Waals surface area contributed by atoms with Crippen LogP contribution in [0.4, 0.5) is 0 Å². The third-order valence-electron chi connectivity index (χ3n) is 2.34. The summed E-state index contributed by atoms with van der Waals surface area (Å²) in [6.45, 7) is 7.36. The fraction of sp³-hybridized carbons (Fsp3) is 0.154. The van der Waals surface area contributed by atoms with Crippen molar-refractivity contribution in [2.24, 2.45) is 5.73 Å². The summed E-state index contributed by atoms with van der Waals surface area (Å²) in [6.07, 6.45) is 7.70. The summed E-state index contributed by atoms with van der Waals surface area (Å²) in [5.41, 5.74) is 8.05. The van der Waals surface area contributed by atoms with Crippen LogP contribution in [0.1, 0.15) is 12.8 Å². The van der Waals surface area contributed by atoms with E-state index in [2.05, 4.69) is 18.5 Å². The Morgan fingerprint density at radius 1 is 1.53 bits per heavy atom. The quantitative estimate of drug-likeness (QED) is 0.632. The topological polar surface area (TPSA) is 75.3 Å². The van der Waals surface area contributed by atoms with Crippen molar-refractivity contribution in [3.8, 4) is 0 Å².